The van der Waals surface area contributed by atoms with Crippen LogP contribution in [-0.2, 0) is 13.1 Å². The summed E-state index contributed by atoms with van der Waals surface area (Å²) in [6, 6.07) is 16.4. The van der Waals surface area contributed by atoms with Crippen LogP contribution in [0.15, 0.2) is 84.3 Å². The quantitative estimate of drug-likeness (QED) is 0.229. The van der Waals surface area contributed by atoms with E-state index in [1.165, 1.54) is 0 Å². The monoisotopic (exact) mass is 617 g/mol. The minimum atomic E-state index is 0.0447. The Morgan fingerprint density at radius 3 is 2.72 bits per heavy atom. The largest absolute Gasteiger partial charge is 0.489 e. The van der Waals surface area contributed by atoms with Crippen molar-refractivity contribution in [1.82, 2.24) is 24.4 Å². The first-order valence-corrected chi connectivity index (χ1v) is 15.9. The molecule has 10 nitrogen and oxygen atoms in total. The van der Waals surface area contributed by atoms with E-state index in [4.69, 9.17) is 9.47 Å². The summed E-state index contributed by atoms with van der Waals surface area (Å²) in [5.41, 5.74) is 5.86. The predicted molar refractivity (Wildman–Crippen MR) is 181 cm³/mol. The fourth-order valence-corrected chi connectivity index (χ4v) is 6.76. The van der Waals surface area contributed by atoms with Crippen LogP contribution in [0.4, 0.5) is 11.5 Å². The lowest BCUT2D eigenvalue weighted by atomic mass is 9.99. The van der Waals surface area contributed by atoms with E-state index in [0.717, 1.165) is 71.0 Å². The molecular formula is C36H39N7O3. The van der Waals surface area contributed by atoms with Crippen molar-refractivity contribution in [3.8, 4) is 22.8 Å². The predicted octanol–water partition coefficient (Wildman–Crippen LogP) is 5.53. The Balaban J connectivity index is 1.27. The highest BCUT2D eigenvalue weighted by Crippen LogP contribution is 2.40. The fraction of sp³-hybridized carbons (Fsp3) is 0.333. The van der Waals surface area contributed by atoms with Gasteiger partial charge in [-0.3, -0.25) is 14.7 Å². The number of anilines is 2. The third kappa shape index (κ3) is 5.76. The zero-order valence-corrected chi connectivity index (χ0v) is 26.5. The maximum atomic E-state index is 14.3. The first-order valence-electron chi connectivity index (χ1n) is 15.9. The summed E-state index contributed by atoms with van der Waals surface area (Å²) < 4.78 is 14.0. The van der Waals surface area contributed by atoms with E-state index in [9.17, 15) is 4.79 Å². The molecule has 236 valence electrons. The van der Waals surface area contributed by atoms with E-state index in [1.54, 1.807) is 25.7 Å². The van der Waals surface area contributed by atoms with Crippen LogP contribution in [0.1, 0.15) is 36.9 Å². The van der Waals surface area contributed by atoms with Gasteiger partial charge in [-0.2, -0.15) is 0 Å². The molecule has 6 heterocycles. The van der Waals surface area contributed by atoms with E-state index in [-0.39, 0.29) is 17.5 Å². The number of hydrogen-bond acceptors (Lipinski definition) is 9. The highest BCUT2D eigenvalue weighted by molar-refractivity contribution is 5.93. The fourth-order valence-electron chi connectivity index (χ4n) is 6.76. The van der Waals surface area contributed by atoms with Crippen LogP contribution in [0.3, 0.4) is 0 Å². The van der Waals surface area contributed by atoms with E-state index in [1.807, 2.05) is 55.7 Å². The van der Waals surface area contributed by atoms with Crippen LogP contribution in [0.25, 0.3) is 22.0 Å². The van der Waals surface area contributed by atoms with Gasteiger partial charge in [-0.15, -0.1) is 0 Å². The number of methoxy groups -OCH3 is 1. The molecule has 2 atom stereocenters. The number of aromatic nitrogens is 4. The molecule has 7 rings (SSSR count). The van der Waals surface area contributed by atoms with E-state index in [2.05, 4.69) is 53.8 Å². The molecule has 46 heavy (non-hydrogen) atoms. The molecule has 1 aromatic carbocycles. The molecule has 0 aliphatic carbocycles. The second-order valence-corrected chi connectivity index (χ2v) is 12.1. The van der Waals surface area contributed by atoms with Gasteiger partial charge in [0.05, 0.1) is 30.6 Å². The van der Waals surface area contributed by atoms with Gasteiger partial charge in [0.1, 0.15) is 12.4 Å². The highest BCUT2D eigenvalue weighted by Gasteiger charge is 2.29. The number of nitrogens with zero attached hydrogens (tertiary/aromatic N) is 6. The molecule has 4 aromatic heterocycles. The molecule has 0 saturated carbocycles. The molecule has 2 unspecified atom stereocenters. The molecule has 2 aliphatic heterocycles. The Morgan fingerprint density at radius 1 is 1.07 bits per heavy atom. The molecule has 5 aromatic rings. The first-order chi connectivity index (χ1) is 22.5. The topological polar surface area (TPSA) is 97.6 Å². The summed E-state index contributed by atoms with van der Waals surface area (Å²) in [5, 5.41) is 3.79. The number of pyridine rings is 4. The Hall–Kier alpha value is -4.96. The molecule has 0 amide bonds. The molecule has 0 spiro atoms. The van der Waals surface area contributed by atoms with Crippen molar-refractivity contribution in [2.75, 3.05) is 44.1 Å². The Bertz CT molecular complexity index is 1890. The van der Waals surface area contributed by atoms with Crippen molar-refractivity contribution < 1.29 is 9.47 Å². The lowest BCUT2D eigenvalue weighted by Crippen LogP contribution is -2.48. The minimum Gasteiger partial charge on any atom is -0.489 e. The van der Waals surface area contributed by atoms with Gasteiger partial charge in [0, 0.05) is 86.6 Å². The average molecular weight is 618 g/mol. The smallest absolute Gasteiger partial charge is 0.213 e. The van der Waals surface area contributed by atoms with E-state index in [0.29, 0.717) is 31.0 Å². The highest BCUT2D eigenvalue weighted by atomic mass is 16.5. The Morgan fingerprint density at radius 2 is 1.93 bits per heavy atom. The normalized spacial score (nSPS) is 17.6. The molecule has 1 fully saturated rings. The van der Waals surface area contributed by atoms with Crippen LogP contribution >= 0.6 is 0 Å². The third-order valence-electron chi connectivity index (χ3n) is 9.21. The van der Waals surface area contributed by atoms with Crippen molar-refractivity contribution >= 4 is 22.4 Å². The lowest BCUT2D eigenvalue weighted by Gasteiger charge is -2.40. The van der Waals surface area contributed by atoms with Gasteiger partial charge in [-0.05, 0) is 73.4 Å². The van der Waals surface area contributed by atoms with Gasteiger partial charge >= 0.3 is 0 Å². The van der Waals surface area contributed by atoms with Crippen LogP contribution in [0.5, 0.6) is 11.6 Å². The average Bonchev–Trinajstić information content (AvgIpc) is 3.11. The summed E-state index contributed by atoms with van der Waals surface area (Å²) in [6.45, 7) is 5.67. The Labute approximate surface area is 268 Å². The molecule has 0 radical (unpaired) electrons. The standard InChI is InChI=1S/C36H39N7O3/c1-24-23-46-36-30(26-11-13-38-14-12-26)7-8-31-34(36)43(24)21-27(35(31)44)20-42(19-25-10-15-39-33(17-25)45-3)29-5-4-16-41(22-29)28-6-9-32(37-2)40-18-28/h6-15,17-18,21,24,29H,4-5,16,19-20,22-23H2,1-3H3,(H,37,40). The van der Waals surface area contributed by atoms with Crippen molar-refractivity contribution in [3.63, 3.8) is 0 Å². The second kappa shape index (κ2) is 12.8. The summed E-state index contributed by atoms with van der Waals surface area (Å²) in [4.78, 5) is 32.2. The number of benzene rings is 1. The maximum absolute atomic E-state index is 14.3. The number of nitrogens with one attached hydrogen (secondary N) is 1. The third-order valence-corrected chi connectivity index (χ3v) is 9.21. The lowest BCUT2D eigenvalue weighted by molar-refractivity contribution is 0.157. The molecule has 2 aliphatic rings. The van der Waals surface area contributed by atoms with Crippen molar-refractivity contribution in [2.45, 2.75) is 44.9 Å². The number of rotatable bonds is 9. The van der Waals surface area contributed by atoms with Crippen LogP contribution in [0, 0.1) is 0 Å². The number of ether oxygens (including phenoxy) is 2. The van der Waals surface area contributed by atoms with Crippen LogP contribution in [0.2, 0.25) is 0 Å². The Kier molecular flexibility index (Phi) is 8.28. The SMILES string of the molecule is CNc1ccc(N2CCCC(N(Cc3ccnc(OC)c3)Cc3cn4c5c(c(-c6ccncc6)ccc5c3=O)OCC4C)C2)cn1. The molecule has 1 saturated heterocycles. The van der Waals surface area contributed by atoms with E-state index < -0.39 is 0 Å². The van der Waals surface area contributed by atoms with Crippen LogP contribution < -0.4 is 25.1 Å². The summed E-state index contributed by atoms with van der Waals surface area (Å²) >= 11 is 0. The molecule has 0 bridgehead atoms. The zero-order chi connectivity index (χ0) is 31.6. The van der Waals surface area contributed by atoms with Gasteiger partial charge in [0.25, 0.3) is 0 Å². The molecular weight excluding hydrogens is 578 g/mol. The van der Waals surface area contributed by atoms with Crippen molar-refractivity contribution in [3.05, 3.63) is 101 Å². The van der Waals surface area contributed by atoms with Gasteiger partial charge < -0.3 is 24.3 Å². The maximum Gasteiger partial charge on any atom is 0.213 e. The van der Waals surface area contributed by atoms with Gasteiger partial charge in [-0.25, -0.2) is 9.97 Å². The zero-order valence-electron chi connectivity index (χ0n) is 26.5. The van der Waals surface area contributed by atoms with Gasteiger partial charge in [0.15, 0.2) is 11.2 Å². The first kappa shape index (κ1) is 29.7. The van der Waals surface area contributed by atoms with Gasteiger partial charge in [0.2, 0.25) is 5.88 Å². The van der Waals surface area contributed by atoms with E-state index >= 15 is 0 Å². The van der Waals surface area contributed by atoms with Crippen molar-refractivity contribution in [2.24, 2.45) is 0 Å². The second-order valence-electron chi connectivity index (χ2n) is 12.1. The minimum absolute atomic E-state index is 0.0447. The summed E-state index contributed by atoms with van der Waals surface area (Å²) in [5.74, 6) is 2.19. The van der Waals surface area contributed by atoms with Crippen LogP contribution in [-0.4, -0.2) is 64.3 Å². The van der Waals surface area contributed by atoms with Gasteiger partial charge in [-0.1, -0.05) is 0 Å². The number of piperidine rings is 1. The summed E-state index contributed by atoms with van der Waals surface area (Å²) in [7, 11) is 3.51. The molecule has 1 N–H and O–H groups in total. The van der Waals surface area contributed by atoms with Crippen molar-refractivity contribution in [1.29, 1.82) is 0 Å². The number of hydrogen-bond donors (Lipinski definition) is 1. The molecule has 10 heteroatoms. The summed E-state index contributed by atoms with van der Waals surface area (Å²) in [6.07, 6.45) is 11.4.